The largest absolute Gasteiger partial charge is 0.347 e. The third kappa shape index (κ3) is 3.00. The van der Waals surface area contributed by atoms with Gasteiger partial charge in [0, 0.05) is 34.8 Å². The molecule has 10 heteroatoms. The summed E-state index contributed by atoms with van der Waals surface area (Å²) in [5, 5.41) is 28.8. The summed E-state index contributed by atoms with van der Waals surface area (Å²) in [5.41, 5.74) is 0.639. The molecule has 0 spiro atoms. The molecule has 3 rings (SSSR count). The van der Waals surface area contributed by atoms with Gasteiger partial charge in [0.2, 0.25) is 0 Å². The minimum absolute atomic E-state index is 0.126. The quantitative estimate of drug-likeness (QED) is 0.574. The van der Waals surface area contributed by atoms with Crippen molar-refractivity contribution in [3.05, 3.63) is 68.4 Å². The number of hydrogen-bond donors (Lipinski definition) is 1. The van der Waals surface area contributed by atoms with Crippen molar-refractivity contribution in [1.29, 1.82) is 0 Å². The molecule has 0 bridgehead atoms. The van der Waals surface area contributed by atoms with Crippen LogP contribution < -0.4 is 5.32 Å². The average Bonchev–Trinajstić information content (AvgIpc) is 2.99. The minimum Gasteiger partial charge on any atom is -0.306 e. The number of nitrogens with one attached hydrogen (secondary N) is 1. The normalized spacial score (nSPS) is 10.6. The van der Waals surface area contributed by atoms with E-state index in [0.717, 1.165) is 4.68 Å². The van der Waals surface area contributed by atoms with Gasteiger partial charge in [0.1, 0.15) is 0 Å². The molecule has 0 saturated heterocycles. The lowest BCUT2D eigenvalue weighted by molar-refractivity contribution is -0.385. The van der Waals surface area contributed by atoms with Gasteiger partial charge in [0.15, 0.2) is 0 Å². The lowest BCUT2D eigenvalue weighted by Crippen LogP contribution is -2.20. The van der Waals surface area contributed by atoms with Crippen LogP contribution in [0.2, 0.25) is 0 Å². The predicted octanol–water partition coefficient (Wildman–Crippen LogP) is 3.24. The average molecular weight is 341 g/mol. The van der Waals surface area contributed by atoms with E-state index in [1.807, 2.05) is 0 Å². The molecule has 25 heavy (non-hydrogen) atoms. The highest BCUT2D eigenvalue weighted by Gasteiger charge is 2.16. The first-order valence-corrected chi connectivity index (χ1v) is 7.05. The molecule has 0 radical (unpaired) electrons. The smallest absolute Gasteiger partial charge is 0.306 e. The Morgan fingerprint density at radius 2 is 1.88 bits per heavy atom. The number of amides is 1. The number of nitrogens with zero attached hydrogens (tertiary/aromatic N) is 4. The number of non-ortho nitro benzene ring substituents is 1. The Morgan fingerprint density at radius 3 is 2.56 bits per heavy atom. The van der Waals surface area contributed by atoms with Gasteiger partial charge in [-0.2, -0.15) is 9.78 Å². The molecule has 3 aromatic rings. The van der Waals surface area contributed by atoms with Crippen LogP contribution in [0.25, 0.3) is 10.9 Å². The van der Waals surface area contributed by atoms with Gasteiger partial charge >= 0.3 is 6.03 Å². The molecule has 1 aromatic heterocycles. The number of nitro groups is 2. The second kappa shape index (κ2) is 6.00. The zero-order valence-electron chi connectivity index (χ0n) is 12.9. The van der Waals surface area contributed by atoms with Gasteiger partial charge in [-0.3, -0.25) is 20.2 Å². The third-order valence-electron chi connectivity index (χ3n) is 3.61. The summed E-state index contributed by atoms with van der Waals surface area (Å²) in [6.45, 7) is 1.59. The van der Waals surface area contributed by atoms with E-state index in [4.69, 9.17) is 0 Å². The van der Waals surface area contributed by atoms with Crippen molar-refractivity contribution in [2.75, 3.05) is 5.32 Å². The number of carbonyl (C=O) groups is 1. The van der Waals surface area contributed by atoms with E-state index in [9.17, 15) is 25.0 Å². The van der Waals surface area contributed by atoms with Gasteiger partial charge in [-0.25, -0.2) is 4.79 Å². The summed E-state index contributed by atoms with van der Waals surface area (Å²) in [4.78, 5) is 33.1. The van der Waals surface area contributed by atoms with Gasteiger partial charge in [-0.15, -0.1) is 0 Å². The Bertz CT molecular complexity index is 1030. The second-order valence-electron chi connectivity index (χ2n) is 5.25. The summed E-state index contributed by atoms with van der Waals surface area (Å²) < 4.78 is 0.966. The van der Waals surface area contributed by atoms with Crippen LogP contribution in [0.3, 0.4) is 0 Å². The molecule has 0 atom stereocenters. The van der Waals surface area contributed by atoms with Crippen LogP contribution in [0.5, 0.6) is 0 Å². The van der Waals surface area contributed by atoms with Gasteiger partial charge < -0.3 is 5.32 Å². The molecular formula is C15H11N5O5. The first-order chi connectivity index (χ1) is 11.9. The third-order valence-corrected chi connectivity index (χ3v) is 3.61. The Kier molecular flexibility index (Phi) is 3.85. The fourth-order valence-corrected chi connectivity index (χ4v) is 2.34. The second-order valence-corrected chi connectivity index (χ2v) is 5.25. The number of hydrogen-bond acceptors (Lipinski definition) is 6. The highest BCUT2D eigenvalue weighted by molar-refractivity contribution is 5.97. The monoisotopic (exact) mass is 341 g/mol. The molecular weight excluding hydrogens is 330 g/mol. The maximum Gasteiger partial charge on any atom is 0.347 e. The van der Waals surface area contributed by atoms with Crippen molar-refractivity contribution in [3.8, 4) is 0 Å². The Hall–Kier alpha value is -3.82. The van der Waals surface area contributed by atoms with E-state index in [-0.39, 0.29) is 22.6 Å². The van der Waals surface area contributed by atoms with Crippen molar-refractivity contribution in [2.45, 2.75) is 6.92 Å². The lowest BCUT2D eigenvalue weighted by Gasteiger charge is -2.07. The highest BCUT2D eigenvalue weighted by atomic mass is 16.6. The first-order valence-electron chi connectivity index (χ1n) is 7.05. The lowest BCUT2D eigenvalue weighted by atomic mass is 10.2. The Labute approximate surface area is 140 Å². The number of anilines is 1. The molecule has 0 unspecified atom stereocenters. The number of aromatic nitrogens is 2. The molecule has 0 aliphatic rings. The summed E-state index contributed by atoms with van der Waals surface area (Å²) in [7, 11) is 0. The van der Waals surface area contributed by atoms with E-state index < -0.39 is 15.9 Å². The first kappa shape index (κ1) is 16.1. The van der Waals surface area contributed by atoms with Crippen LogP contribution in [0.1, 0.15) is 5.56 Å². The summed E-state index contributed by atoms with van der Waals surface area (Å²) in [6, 6.07) is 7.62. The molecule has 1 N–H and O–H groups in total. The minimum atomic E-state index is -0.686. The Balaban J connectivity index is 1.95. The van der Waals surface area contributed by atoms with E-state index >= 15 is 0 Å². The Morgan fingerprint density at radius 1 is 1.12 bits per heavy atom. The molecule has 126 valence electrons. The van der Waals surface area contributed by atoms with Crippen molar-refractivity contribution in [3.63, 3.8) is 0 Å². The zero-order valence-corrected chi connectivity index (χ0v) is 12.9. The van der Waals surface area contributed by atoms with Crippen molar-refractivity contribution in [1.82, 2.24) is 9.78 Å². The van der Waals surface area contributed by atoms with E-state index in [2.05, 4.69) is 10.4 Å². The van der Waals surface area contributed by atoms with Crippen LogP contribution in [0.4, 0.5) is 21.9 Å². The van der Waals surface area contributed by atoms with Gasteiger partial charge in [0.25, 0.3) is 11.4 Å². The maximum atomic E-state index is 12.4. The van der Waals surface area contributed by atoms with E-state index in [0.29, 0.717) is 10.9 Å². The predicted molar refractivity (Wildman–Crippen MR) is 88.6 cm³/mol. The van der Waals surface area contributed by atoms with Crippen molar-refractivity contribution < 1.29 is 14.6 Å². The molecule has 0 aliphatic carbocycles. The number of aryl methyl sites for hydroxylation is 1. The number of benzene rings is 2. The standard InChI is InChI=1S/C15H11N5O5/c1-9-2-4-11(6-13(9)20(24)25)17-15(21)18-14-7-12(19(22)23)5-3-10(14)8-16-18/h2-8H,1H3,(H,17,21). The molecule has 10 nitrogen and oxygen atoms in total. The summed E-state index contributed by atoms with van der Waals surface area (Å²) in [5.74, 6) is 0. The van der Waals surface area contributed by atoms with Crippen molar-refractivity contribution in [2.24, 2.45) is 0 Å². The van der Waals surface area contributed by atoms with Crippen LogP contribution in [0.15, 0.2) is 42.6 Å². The fourth-order valence-electron chi connectivity index (χ4n) is 2.34. The van der Waals surface area contributed by atoms with Gasteiger partial charge in [-0.05, 0) is 19.1 Å². The highest BCUT2D eigenvalue weighted by Crippen LogP contribution is 2.24. The fraction of sp³-hybridized carbons (Fsp3) is 0.0667. The van der Waals surface area contributed by atoms with Crippen LogP contribution >= 0.6 is 0 Å². The summed E-state index contributed by atoms with van der Waals surface area (Å²) in [6.07, 6.45) is 1.40. The molecule has 0 saturated carbocycles. The SMILES string of the molecule is Cc1ccc(NC(=O)n2ncc3ccc([N+](=O)[O-])cc32)cc1[N+](=O)[O-]. The van der Waals surface area contributed by atoms with E-state index in [1.165, 1.54) is 42.6 Å². The van der Waals surface area contributed by atoms with E-state index in [1.54, 1.807) is 6.92 Å². The molecule has 0 aliphatic heterocycles. The summed E-state index contributed by atoms with van der Waals surface area (Å²) >= 11 is 0. The maximum absolute atomic E-state index is 12.4. The van der Waals surface area contributed by atoms with Crippen LogP contribution in [0, 0.1) is 27.2 Å². The van der Waals surface area contributed by atoms with Gasteiger partial charge in [-0.1, -0.05) is 6.07 Å². The number of carbonyl (C=O) groups excluding carboxylic acids is 1. The topological polar surface area (TPSA) is 133 Å². The van der Waals surface area contributed by atoms with Crippen molar-refractivity contribution >= 4 is 34.0 Å². The number of rotatable bonds is 3. The van der Waals surface area contributed by atoms with Crippen LogP contribution in [-0.4, -0.2) is 25.7 Å². The molecule has 0 fully saturated rings. The number of nitro benzene ring substituents is 2. The van der Waals surface area contributed by atoms with Crippen LogP contribution in [-0.2, 0) is 0 Å². The van der Waals surface area contributed by atoms with Gasteiger partial charge in [0.05, 0.1) is 21.6 Å². The molecule has 1 amide bonds. The zero-order chi connectivity index (χ0) is 18.1. The number of fused-ring (bicyclic) bond motifs is 1. The molecule has 2 aromatic carbocycles. The molecule has 1 heterocycles.